The molecule has 0 heterocycles. The highest BCUT2D eigenvalue weighted by atomic mass is 35.5. The minimum atomic E-state index is -0.0170. The van der Waals surface area contributed by atoms with Crippen LogP contribution in [0.2, 0.25) is 0 Å². The van der Waals surface area contributed by atoms with E-state index in [1.165, 1.54) is 41.5 Å². The summed E-state index contributed by atoms with van der Waals surface area (Å²) in [5.41, 5.74) is 11.6. The average molecular weight is 288 g/mol. The molecular formula is C18H22ClN. The van der Waals surface area contributed by atoms with Gasteiger partial charge in [-0.2, -0.15) is 0 Å². The number of nitrogens with two attached hydrogens (primary N) is 1. The molecule has 0 saturated heterocycles. The van der Waals surface area contributed by atoms with Gasteiger partial charge in [-0.1, -0.05) is 55.0 Å². The number of hydrogen-bond donors (Lipinski definition) is 1. The molecular weight excluding hydrogens is 266 g/mol. The second kappa shape index (κ2) is 6.43. The van der Waals surface area contributed by atoms with Gasteiger partial charge < -0.3 is 5.73 Å². The molecule has 0 aromatic heterocycles. The fourth-order valence-electron chi connectivity index (χ4n) is 2.83. The van der Waals surface area contributed by atoms with E-state index in [2.05, 4.69) is 55.5 Å². The molecule has 2 heteroatoms. The summed E-state index contributed by atoms with van der Waals surface area (Å²) >= 11 is 0. The van der Waals surface area contributed by atoms with Gasteiger partial charge in [-0.25, -0.2) is 0 Å². The lowest BCUT2D eigenvalue weighted by Gasteiger charge is -2.26. The SMILES string of the molecule is Cc1ccccc1C(N)c1ccc(C2CCC2)cc1.Cl. The minimum absolute atomic E-state index is 0. The predicted octanol–water partition coefficient (Wildman–Crippen LogP) is 4.73. The van der Waals surface area contributed by atoms with Crippen LogP contribution in [0, 0.1) is 6.92 Å². The molecule has 1 aliphatic rings. The first-order valence-corrected chi connectivity index (χ1v) is 7.16. The first-order chi connectivity index (χ1) is 9.25. The maximum absolute atomic E-state index is 6.39. The third-order valence-electron chi connectivity index (χ3n) is 4.40. The third kappa shape index (κ3) is 2.89. The van der Waals surface area contributed by atoms with Crippen molar-refractivity contribution in [3.63, 3.8) is 0 Å². The second-order valence-corrected chi connectivity index (χ2v) is 5.63. The molecule has 2 N–H and O–H groups in total. The molecule has 2 aromatic carbocycles. The fraction of sp³-hybridized carbons (Fsp3) is 0.333. The molecule has 3 rings (SSSR count). The molecule has 20 heavy (non-hydrogen) atoms. The van der Waals surface area contributed by atoms with Crippen LogP contribution >= 0.6 is 12.4 Å². The van der Waals surface area contributed by atoms with E-state index in [-0.39, 0.29) is 18.4 Å². The molecule has 1 fully saturated rings. The summed E-state index contributed by atoms with van der Waals surface area (Å²) in [7, 11) is 0. The quantitative estimate of drug-likeness (QED) is 0.867. The van der Waals surface area contributed by atoms with E-state index in [0.717, 1.165) is 5.92 Å². The first-order valence-electron chi connectivity index (χ1n) is 7.16. The maximum Gasteiger partial charge on any atom is 0.0554 e. The zero-order chi connectivity index (χ0) is 13.2. The fourth-order valence-corrected chi connectivity index (χ4v) is 2.83. The van der Waals surface area contributed by atoms with Crippen molar-refractivity contribution in [3.8, 4) is 0 Å². The summed E-state index contributed by atoms with van der Waals surface area (Å²) in [4.78, 5) is 0. The second-order valence-electron chi connectivity index (χ2n) is 5.63. The van der Waals surface area contributed by atoms with Crippen LogP contribution in [0.3, 0.4) is 0 Å². The van der Waals surface area contributed by atoms with Gasteiger partial charge >= 0.3 is 0 Å². The van der Waals surface area contributed by atoms with Gasteiger partial charge in [-0.15, -0.1) is 12.4 Å². The number of benzene rings is 2. The van der Waals surface area contributed by atoms with E-state index in [4.69, 9.17) is 5.73 Å². The van der Waals surface area contributed by atoms with Crippen LogP contribution in [-0.4, -0.2) is 0 Å². The lowest BCUT2D eigenvalue weighted by molar-refractivity contribution is 0.419. The zero-order valence-electron chi connectivity index (χ0n) is 11.9. The van der Waals surface area contributed by atoms with Crippen LogP contribution in [0.4, 0.5) is 0 Å². The first kappa shape index (κ1) is 15.1. The van der Waals surface area contributed by atoms with E-state index in [0.29, 0.717) is 0 Å². The van der Waals surface area contributed by atoms with E-state index in [1.807, 2.05) is 0 Å². The molecule has 1 atom stereocenters. The van der Waals surface area contributed by atoms with Crippen LogP contribution in [-0.2, 0) is 0 Å². The van der Waals surface area contributed by atoms with Crippen molar-refractivity contribution in [2.75, 3.05) is 0 Å². The maximum atomic E-state index is 6.39. The zero-order valence-corrected chi connectivity index (χ0v) is 12.7. The van der Waals surface area contributed by atoms with Crippen LogP contribution in [0.1, 0.15) is 53.5 Å². The lowest BCUT2D eigenvalue weighted by Crippen LogP contribution is -2.14. The summed E-state index contributed by atoms with van der Waals surface area (Å²) in [6.07, 6.45) is 4.08. The Balaban J connectivity index is 0.00000147. The van der Waals surface area contributed by atoms with Gasteiger partial charge in [-0.05, 0) is 47.9 Å². The third-order valence-corrected chi connectivity index (χ3v) is 4.40. The van der Waals surface area contributed by atoms with Gasteiger partial charge in [0.1, 0.15) is 0 Å². The molecule has 0 radical (unpaired) electrons. The highest BCUT2D eigenvalue weighted by molar-refractivity contribution is 5.85. The molecule has 106 valence electrons. The van der Waals surface area contributed by atoms with Crippen molar-refractivity contribution in [2.45, 2.75) is 38.1 Å². The van der Waals surface area contributed by atoms with Crippen LogP contribution in [0.5, 0.6) is 0 Å². The van der Waals surface area contributed by atoms with Gasteiger partial charge in [0.25, 0.3) is 0 Å². The predicted molar refractivity (Wildman–Crippen MR) is 87.5 cm³/mol. The van der Waals surface area contributed by atoms with Crippen LogP contribution in [0.15, 0.2) is 48.5 Å². The van der Waals surface area contributed by atoms with Gasteiger partial charge in [0.05, 0.1) is 6.04 Å². The van der Waals surface area contributed by atoms with Crippen LogP contribution < -0.4 is 5.73 Å². The van der Waals surface area contributed by atoms with Crippen molar-refractivity contribution >= 4 is 12.4 Å². The van der Waals surface area contributed by atoms with Gasteiger partial charge in [0, 0.05) is 0 Å². The minimum Gasteiger partial charge on any atom is -0.320 e. The summed E-state index contributed by atoms with van der Waals surface area (Å²) in [5, 5.41) is 0. The average Bonchev–Trinajstić information content (AvgIpc) is 2.37. The van der Waals surface area contributed by atoms with E-state index in [1.54, 1.807) is 0 Å². The molecule has 2 aromatic rings. The smallest absolute Gasteiger partial charge is 0.0554 e. The Labute approximate surface area is 127 Å². The van der Waals surface area contributed by atoms with Crippen molar-refractivity contribution in [1.82, 2.24) is 0 Å². The summed E-state index contributed by atoms with van der Waals surface area (Å²) in [6.45, 7) is 2.12. The molecule has 0 aliphatic heterocycles. The molecule has 0 bridgehead atoms. The molecule has 1 nitrogen and oxygen atoms in total. The monoisotopic (exact) mass is 287 g/mol. The summed E-state index contributed by atoms with van der Waals surface area (Å²) in [6, 6.07) is 17.3. The number of halogens is 1. The van der Waals surface area contributed by atoms with Crippen molar-refractivity contribution in [3.05, 3.63) is 70.8 Å². The number of rotatable bonds is 3. The normalized spacial score (nSPS) is 16.1. The molecule has 1 unspecified atom stereocenters. The Hall–Kier alpha value is -1.31. The van der Waals surface area contributed by atoms with Gasteiger partial charge in [-0.3, -0.25) is 0 Å². The Kier molecular flexibility index (Phi) is 4.85. The molecule has 0 amide bonds. The molecule has 0 spiro atoms. The molecule has 1 aliphatic carbocycles. The Bertz CT molecular complexity index is 558. The summed E-state index contributed by atoms with van der Waals surface area (Å²) < 4.78 is 0. The number of aryl methyl sites for hydroxylation is 1. The Morgan fingerprint density at radius 1 is 1.00 bits per heavy atom. The van der Waals surface area contributed by atoms with Crippen molar-refractivity contribution in [2.24, 2.45) is 5.73 Å². The van der Waals surface area contributed by atoms with Crippen molar-refractivity contribution < 1.29 is 0 Å². The topological polar surface area (TPSA) is 26.0 Å². The standard InChI is InChI=1S/C18H21N.ClH/c1-13-5-2-3-8-17(13)18(19)16-11-9-15(10-12-16)14-6-4-7-14;/h2-3,5,8-12,14,18H,4,6-7,19H2,1H3;1H. The lowest BCUT2D eigenvalue weighted by atomic mass is 9.79. The largest absolute Gasteiger partial charge is 0.320 e. The van der Waals surface area contributed by atoms with E-state index >= 15 is 0 Å². The Morgan fingerprint density at radius 3 is 2.20 bits per heavy atom. The highest BCUT2D eigenvalue weighted by Gasteiger charge is 2.19. The Morgan fingerprint density at radius 2 is 1.65 bits per heavy atom. The molecule has 1 saturated carbocycles. The highest BCUT2D eigenvalue weighted by Crippen LogP contribution is 2.36. The van der Waals surface area contributed by atoms with Gasteiger partial charge in [0.2, 0.25) is 0 Å². The van der Waals surface area contributed by atoms with E-state index < -0.39 is 0 Å². The van der Waals surface area contributed by atoms with Crippen LogP contribution in [0.25, 0.3) is 0 Å². The van der Waals surface area contributed by atoms with Gasteiger partial charge in [0.15, 0.2) is 0 Å². The number of hydrogen-bond acceptors (Lipinski definition) is 1. The van der Waals surface area contributed by atoms with Crippen molar-refractivity contribution in [1.29, 1.82) is 0 Å². The van der Waals surface area contributed by atoms with E-state index in [9.17, 15) is 0 Å². The summed E-state index contributed by atoms with van der Waals surface area (Å²) in [5.74, 6) is 0.795.